The van der Waals surface area contributed by atoms with E-state index in [4.69, 9.17) is 0 Å². The summed E-state index contributed by atoms with van der Waals surface area (Å²) in [7, 11) is -1.84. The fourth-order valence-electron chi connectivity index (χ4n) is 2.50. The second-order valence-corrected chi connectivity index (χ2v) is 9.75. The highest BCUT2D eigenvalue weighted by molar-refractivity contribution is 7.99. The van der Waals surface area contributed by atoms with E-state index in [1.54, 1.807) is 25.1 Å². The van der Waals surface area contributed by atoms with E-state index in [0.29, 0.717) is 11.3 Å². The molecule has 0 heterocycles. The zero-order valence-electron chi connectivity index (χ0n) is 16.5. The molecular formula is C19H22FN3O5S2. The normalized spacial score (nSPS) is 11.5. The first-order valence-corrected chi connectivity index (χ1v) is 11.5. The second-order valence-electron chi connectivity index (χ2n) is 6.30. The average Bonchev–Trinajstić information content (AvgIpc) is 2.72. The molecule has 0 aliphatic heterocycles. The van der Waals surface area contributed by atoms with Gasteiger partial charge < -0.3 is 5.32 Å². The van der Waals surface area contributed by atoms with Gasteiger partial charge in [0.15, 0.2) is 0 Å². The highest BCUT2D eigenvalue weighted by atomic mass is 32.2. The van der Waals surface area contributed by atoms with Crippen molar-refractivity contribution < 1.29 is 22.5 Å². The number of amides is 1. The van der Waals surface area contributed by atoms with Crippen LogP contribution in [-0.4, -0.2) is 49.4 Å². The van der Waals surface area contributed by atoms with Crippen molar-refractivity contribution in [2.24, 2.45) is 0 Å². The SMILES string of the molecule is CCS(=O)(=O)N(C)CCCNC(=O)c1cc([N+](=O)[O-])ccc1Sc1ccccc1F. The van der Waals surface area contributed by atoms with Gasteiger partial charge in [-0.2, -0.15) is 0 Å². The van der Waals surface area contributed by atoms with Gasteiger partial charge in [0.2, 0.25) is 10.0 Å². The summed E-state index contributed by atoms with van der Waals surface area (Å²) < 4.78 is 38.7. The lowest BCUT2D eigenvalue weighted by atomic mass is 10.2. The van der Waals surface area contributed by atoms with Gasteiger partial charge in [0.25, 0.3) is 11.6 Å². The molecule has 0 aromatic heterocycles. The van der Waals surface area contributed by atoms with Crippen LogP contribution < -0.4 is 5.32 Å². The predicted octanol–water partition coefficient (Wildman–Crippen LogP) is 3.29. The molecule has 0 atom stereocenters. The largest absolute Gasteiger partial charge is 0.352 e. The van der Waals surface area contributed by atoms with Crippen molar-refractivity contribution in [3.05, 3.63) is 64.0 Å². The number of hydrogen-bond acceptors (Lipinski definition) is 6. The molecule has 30 heavy (non-hydrogen) atoms. The number of nitrogens with one attached hydrogen (secondary N) is 1. The van der Waals surface area contributed by atoms with Gasteiger partial charge in [-0.05, 0) is 31.5 Å². The van der Waals surface area contributed by atoms with E-state index in [-0.39, 0.29) is 35.0 Å². The zero-order chi connectivity index (χ0) is 22.3. The van der Waals surface area contributed by atoms with Crippen molar-refractivity contribution in [2.45, 2.75) is 23.1 Å². The summed E-state index contributed by atoms with van der Waals surface area (Å²) >= 11 is 0.994. The van der Waals surface area contributed by atoms with Crippen LogP contribution in [0.4, 0.5) is 10.1 Å². The number of hydrogen-bond donors (Lipinski definition) is 1. The fourth-order valence-corrected chi connectivity index (χ4v) is 4.30. The summed E-state index contributed by atoms with van der Waals surface area (Å²) in [6, 6.07) is 9.83. The first-order valence-electron chi connectivity index (χ1n) is 9.08. The van der Waals surface area contributed by atoms with Gasteiger partial charge in [0.05, 0.1) is 16.2 Å². The van der Waals surface area contributed by atoms with Crippen molar-refractivity contribution >= 4 is 33.4 Å². The molecule has 0 spiro atoms. The Labute approximate surface area is 178 Å². The smallest absolute Gasteiger partial charge is 0.270 e. The van der Waals surface area contributed by atoms with Crippen molar-refractivity contribution in [1.29, 1.82) is 0 Å². The summed E-state index contributed by atoms with van der Waals surface area (Å²) in [5.41, 5.74) is -0.209. The minimum Gasteiger partial charge on any atom is -0.352 e. The Bertz CT molecular complexity index is 1030. The zero-order valence-corrected chi connectivity index (χ0v) is 18.1. The Morgan fingerprint density at radius 2 is 1.93 bits per heavy atom. The molecule has 0 saturated carbocycles. The van der Waals surface area contributed by atoms with Crippen molar-refractivity contribution in [3.63, 3.8) is 0 Å². The van der Waals surface area contributed by atoms with E-state index in [1.165, 1.54) is 29.6 Å². The van der Waals surface area contributed by atoms with Crippen molar-refractivity contribution in [3.8, 4) is 0 Å². The summed E-state index contributed by atoms with van der Waals surface area (Å²) in [6.45, 7) is 1.95. The Morgan fingerprint density at radius 1 is 1.23 bits per heavy atom. The number of benzene rings is 2. The number of halogens is 1. The number of nitro groups is 1. The standard InChI is InChI=1S/C19H22FN3O5S2/c1-3-30(27,28)22(2)12-6-11-21-19(24)15-13-14(23(25)26)9-10-17(15)29-18-8-5-4-7-16(18)20/h4-5,7-10,13H,3,6,11-12H2,1-2H3,(H,21,24). The average molecular weight is 456 g/mol. The summed E-state index contributed by atoms with van der Waals surface area (Å²) in [5.74, 6) is -1.04. The summed E-state index contributed by atoms with van der Waals surface area (Å²) in [6.07, 6.45) is 0.367. The molecule has 0 aliphatic rings. The molecule has 0 fully saturated rings. The van der Waals surface area contributed by atoms with Gasteiger partial charge in [0, 0.05) is 42.1 Å². The lowest BCUT2D eigenvalue weighted by Gasteiger charge is -2.16. The van der Waals surface area contributed by atoms with Crippen molar-refractivity contribution in [2.75, 3.05) is 25.9 Å². The number of rotatable bonds is 10. The number of non-ortho nitro benzene ring substituents is 1. The molecule has 0 saturated heterocycles. The molecule has 2 aromatic carbocycles. The molecule has 8 nitrogen and oxygen atoms in total. The maximum Gasteiger partial charge on any atom is 0.270 e. The van der Waals surface area contributed by atoms with Gasteiger partial charge in [-0.15, -0.1) is 0 Å². The van der Waals surface area contributed by atoms with E-state index in [2.05, 4.69) is 5.32 Å². The van der Waals surface area contributed by atoms with Gasteiger partial charge in [0.1, 0.15) is 5.82 Å². The Balaban J connectivity index is 2.13. The van der Waals surface area contributed by atoms with Gasteiger partial charge in [-0.25, -0.2) is 17.1 Å². The molecule has 0 aliphatic carbocycles. The van der Waals surface area contributed by atoms with Crippen LogP contribution >= 0.6 is 11.8 Å². The third-order valence-electron chi connectivity index (χ3n) is 4.25. The molecule has 0 bridgehead atoms. The first kappa shape index (κ1) is 23.8. The molecule has 0 unspecified atom stereocenters. The van der Waals surface area contributed by atoms with Crippen LogP contribution in [0, 0.1) is 15.9 Å². The molecule has 1 N–H and O–H groups in total. The molecule has 162 valence electrons. The molecule has 11 heteroatoms. The minimum atomic E-state index is -3.30. The number of nitro benzene ring substituents is 1. The summed E-state index contributed by atoms with van der Waals surface area (Å²) in [5, 5.41) is 13.7. The lowest BCUT2D eigenvalue weighted by molar-refractivity contribution is -0.384. The monoisotopic (exact) mass is 455 g/mol. The van der Waals surface area contributed by atoms with E-state index < -0.39 is 26.7 Å². The Hall–Kier alpha value is -2.50. The number of nitrogens with zero attached hydrogens (tertiary/aromatic N) is 2. The molecule has 2 rings (SSSR count). The predicted molar refractivity (Wildman–Crippen MR) is 113 cm³/mol. The Kier molecular flexibility index (Phi) is 8.33. The van der Waals surface area contributed by atoms with E-state index >= 15 is 0 Å². The van der Waals surface area contributed by atoms with Crippen LogP contribution in [-0.2, 0) is 10.0 Å². The maximum absolute atomic E-state index is 14.0. The number of sulfonamides is 1. The molecule has 2 aromatic rings. The van der Waals surface area contributed by atoms with Crippen LogP contribution in [0.15, 0.2) is 52.3 Å². The topological polar surface area (TPSA) is 110 Å². The number of carbonyl (C=O) groups is 1. The Morgan fingerprint density at radius 3 is 2.57 bits per heavy atom. The first-order chi connectivity index (χ1) is 14.2. The molecule has 1 amide bonds. The van der Waals surface area contributed by atoms with E-state index in [0.717, 1.165) is 17.8 Å². The maximum atomic E-state index is 14.0. The van der Waals surface area contributed by atoms with Crippen LogP contribution in [0.3, 0.4) is 0 Å². The van der Waals surface area contributed by atoms with Crippen LogP contribution in [0.1, 0.15) is 23.7 Å². The van der Waals surface area contributed by atoms with Gasteiger partial charge >= 0.3 is 0 Å². The van der Waals surface area contributed by atoms with E-state index in [1.807, 2.05) is 0 Å². The molecular weight excluding hydrogens is 433 g/mol. The van der Waals surface area contributed by atoms with E-state index in [9.17, 15) is 27.7 Å². The van der Waals surface area contributed by atoms with Gasteiger partial charge in [-0.3, -0.25) is 14.9 Å². The van der Waals surface area contributed by atoms with Crippen LogP contribution in [0.5, 0.6) is 0 Å². The van der Waals surface area contributed by atoms with Crippen LogP contribution in [0.2, 0.25) is 0 Å². The lowest BCUT2D eigenvalue weighted by Crippen LogP contribution is -2.32. The van der Waals surface area contributed by atoms with Crippen LogP contribution in [0.25, 0.3) is 0 Å². The third kappa shape index (κ3) is 6.25. The van der Waals surface area contributed by atoms with Crippen molar-refractivity contribution in [1.82, 2.24) is 9.62 Å². The highest BCUT2D eigenvalue weighted by Crippen LogP contribution is 2.34. The fraction of sp³-hybridized carbons (Fsp3) is 0.316. The summed E-state index contributed by atoms with van der Waals surface area (Å²) in [4.78, 5) is 23.8. The highest BCUT2D eigenvalue weighted by Gasteiger charge is 2.19. The second kappa shape index (κ2) is 10.5. The number of carbonyl (C=O) groups excluding carboxylic acids is 1. The minimum absolute atomic E-state index is 0.0137. The van der Waals surface area contributed by atoms with Gasteiger partial charge in [-0.1, -0.05) is 23.9 Å². The quantitative estimate of drug-likeness (QED) is 0.334. The third-order valence-corrected chi connectivity index (χ3v) is 7.24. The molecule has 0 radical (unpaired) electrons.